The van der Waals surface area contributed by atoms with E-state index in [9.17, 15) is 18.3 Å². The Bertz CT molecular complexity index is 305. The maximum Gasteiger partial charge on any atom is 0.415 e. The van der Waals surface area contributed by atoms with Gasteiger partial charge in [-0.1, -0.05) is 19.3 Å². The lowest BCUT2D eigenvalue weighted by molar-refractivity contribution is -0.215. The Morgan fingerprint density at radius 2 is 1.60 bits per heavy atom. The van der Waals surface area contributed by atoms with Crippen LogP contribution >= 0.6 is 0 Å². The SMILES string of the molecule is NC(C1CCCC(OC2CCCC2)C1)C(O)C(F)(F)F. The van der Waals surface area contributed by atoms with Crippen molar-refractivity contribution in [1.82, 2.24) is 0 Å². The van der Waals surface area contributed by atoms with E-state index in [-0.39, 0.29) is 18.1 Å². The number of hydrogen-bond donors (Lipinski definition) is 2. The molecular weight excluding hydrogens is 271 g/mol. The van der Waals surface area contributed by atoms with E-state index in [1.54, 1.807) is 0 Å². The predicted octanol–water partition coefficient (Wildman–Crippen LogP) is 2.75. The first kappa shape index (κ1) is 16.0. The van der Waals surface area contributed by atoms with Gasteiger partial charge in [0.15, 0.2) is 6.10 Å². The van der Waals surface area contributed by atoms with Gasteiger partial charge >= 0.3 is 6.18 Å². The van der Waals surface area contributed by atoms with E-state index < -0.39 is 18.3 Å². The van der Waals surface area contributed by atoms with Crippen molar-refractivity contribution in [3.05, 3.63) is 0 Å². The fraction of sp³-hybridized carbons (Fsp3) is 1.00. The Morgan fingerprint density at radius 3 is 2.20 bits per heavy atom. The van der Waals surface area contributed by atoms with Crippen LogP contribution in [0.1, 0.15) is 51.4 Å². The lowest BCUT2D eigenvalue weighted by Crippen LogP contribution is -2.50. The number of aliphatic hydroxyl groups excluding tert-OH is 1. The molecular formula is C14H24F3NO2. The van der Waals surface area contributed by atoms with Gasteiger partial charge in [0, 0.05) is 6.04 Å². The van der Waals surface area contributed by atoms with E-state index in [1.807, 2.05) is 0 Å². The van der Waals surface area contributed by atoms with Crippen molar-refractivity contribution in [2.24, 2.45) is 11.7 Å². The Morgan fingerprint density at radius 1 is 1.00 bits per heavy atom. The van der Waals surface area contributed by atoms with E-state index in [2.05, 4.69) is 0 Å². The topological polar surface area (TPSA) is 55.5 Å². The molecule has 0 amide bonds. The molecule has 3 nitrogen and oxygen atoms in total. The van der Waals surface area contributed by atoms with Gasteiger partial charge in [0.05, 0.1) is 12.2 Å². The Hall–Kier alpha value is -0.330. The quantitative estimate of drug-likeness (QED) is 0.838. The van der Waals surface area contributed by atoms with Crippen LogP contribution in [0, 0.1) is 5.92 Å². The molecule has 0 aromatic heterocycles. The number of ether oxygens (including phenoxy) is 1. The van der Waals surface area contributed by atoms with Crippen molar-refractivity contribution in [2.45, 2.75) is 81.9 Å². The van der Waals surface area contributed by atoms with Crippen molar-refractivity contribution >= 4 is 0 Å². The summed E-state index contributed by atoms with van der Waals surface area (Å²) in [4.78, 5) is 0. The molecule has 0 heterocycles. The van der Waals surface area contributed by atoms with Gasteiger partial charge in [0.2, 0.25) is 0 Å². The molecule has 3 N–H and O–H groups in total. The van der Waals surface area contributed by atoms with Crippen LogP contribution in [-0.2, 0) is 4.74 Å². The maximum atomic E-state index is 12.5. The van der Waals surface area contributed by atoms with Gasteiger partial charge in [-0.3, -0.25) is 0 Å². The average Bonchev–Trinajstić information content (AvgIpc) is 2.89. The molecule has 0 radical (unpaired) electrons. The number of aliphatic hydroxyl groups is 1. The van der Waals surface area contributed by atoms with Gasteiger partial charge in [-0.25, -0.2) is 0 Å². The molecule has 4 atom stereocenters. The highest BCUT2D eigenvalue weighted by Gasteiger charge is 2.45. The van der Waals surface area contributed by atoms with Crippen molar-refractivity contribution in [3.63, 3.8) is 0 Å². The van der Waals surface area contributed by atoms with E-state index >= 15 is 0 Å². The van der Waals surface area contributed by atoms with Gasteiger partial charge in [-0.15, -0.1) is 0 Å². The van der Waals surface area contributed by atoms with Crippen LogP contribution in [0.5, 0.6) is 0 Å². The first-order chi connectivity index (χ1) is 9.38. The predicted molar refractivity (Wildman–Crippen MR) is 69.1 cm³/mol. The molecule has 118 valence electrons. The molecule has 2 fully saturated rings. The van der Waals surface area contributed by atoms with Crippen LogP contribution in [-0.4, -0.2) is 35.6 Å². The maximum absolute atomic E-state index is 12.5. The van der Waals surface area contributed by atoms with E-state index in [0.29, 0.717) is 12.8 Å². The average molecular weight is 295 g/mol. The van der Waals surface area contributed by atoms with Gasteiger partial charge in [-0.2, -0.15) is 13.2 Å². The molecule has 0 aliphatic heterocycles. The fourth-order valence-corrected chi connectivity index (χ4v) is 3.43. The van der Waals surface area contributed by atoms with E-state index in [4.69, 9.17) is 10.5 Å². The summed E-state index contributed by atoms with van der Waals surface area (Å²) in [5.41, 5.74) is 5.62. The molecule has 2 aliphatic carbocycles. The van der Waals surface area contributed by atoms with Crippen LogP contribution in [0.15, 0.2) is 0 Å². The third-order valence-electron chi connectivity index (χ3n) is 4.60. The molecule has 0 spiro atoms. The monoisotopic (exact) mass is 295 g/mol. The third-order valence-corrected chi connectivity index (χ3v) is 4.60. The molecule has 2 aliphatic rings. The zero-order chi connectivity index (χ0) is 14.8. The van der Waals surface area contributed by atoms with Crippen molar-refractivity contribution in [1.29, 1.82) is 0 Å². The second-order valence-corrected chi connectivity index (χ2v) is 6.16. The standard InChI is InChI=1S/C14H24F3NO2/c15-14(16,17)13(19)12(18)9-4-3-7-11(8-9)20-10-5-1-2-6-10/h9-13,19H,1-8,18H2. The van der Waals surface area contributed by atoms with Crippen LogP contribution in [0.25, 0.3) is 0 Å². The number of rotatable bonds is 4. The van der Waals surface area contributed by atoms with Gasteiger partial charge in [-0.05, 0) is 38.0 Å². The number of alkyl halides is 3. The smallest absolute Gasteiger partial charge is 0.382 e. The lowest BCUT2D eigenvalue weighted by Gasteiger charge is -2.36. The zero-order valence-corrected chi connectivity index (χ0v) is 11.6. The minimum Gasteiger partial charge on any atom is -0.382 e. The summed E-state index contributed by atoms with van der Waals surface area (Å²) in [6.07, 6.45) is 0.533. The summed E-state index contributed by atoms with van der Waals surface area (Å²) in [7, 11) is 0. The summed E-state index contributed by atoms with van der Waals surface area (Å²) in [6.45, 7) is 0. The van der Waals surface area contributed by atoms with Crippen molar-refractivity contribution in [2.75, 3.05) is 0 Å². The van der Waals surface area contributed by atoms with Crippen molar-refractivity contribution in [3.8, 4) is 0 Å². The minimum absolute atomic E-state index is 0.00309. The largest absolute Gasteiger partial charge is 0.415 e. The van der Waals surface area contributed by atoms with Crippen molar-refractivity contribution < 1.29 is 23.0 Å². The molecule has 0 saturated heterocycles. The van der Waals surface area contributed by atoms with Gasteiger partial charge in [0.1, 0.15) is 0 Å². The van der Waals surface area contributed by atoms with Gasteiger partial charge in [0.25, 0.3) is 0 Å². The summed E-state index contributed by atoms with van der Waals surface area (Å²) in [5.74, 6) is -0.313. The molecule has 0 aromatic carbocycles. The number of hydrogen-bond acceptors (Lipinski definition) is 3. The Kier molecular flexibility index (Phi) is 5.31. The highest BCUT2D eigenvalue weighted by atomic mass is 19.4. The minimum atomic E-state index is -4.64. The fourth-order valence-electron chi connectivity index (χ4n) is 3.43. The van der Waals surface area contributed by atoms with Crippen LogP contribution in [0.3, 0.4) is 0 Å². The highest BCUT2D eigenvalue weighted by Crippen LogP contribution is 2.34. The number of nitrogens with two attached hydrogens (primary N) is 1. The summed E-state index contributed by atoms with van der Waals surface area (Å²) in [6, 6.07) is -1.25. The third kappa shape index (κ3) is 4.09. The summed E-state index contributed by atoms with van der Waals surface area (Å²) >= 11 is 0. The Labute approximate surface area is 117 Å². The van der Waals surface area contributed by atoms with Crippen LogP contribution < -0.4 is 5.73 Å². The lowest BCUT2D eigenvalue weighted by atomic mass is 9.80. The molecule has 6 heteroatoms. The number of halogens is 3. The molecule has 0 aromatic rings. The molecule has 2 rings (SSSR count). The molecule has 20 heavy (non-hydrogen) atoms. The molecule has 4 unspecified atom stereocenters. The summed E-state index contributed by atoms with van der Waals surface area (Å²) in [5, 5.41) is 9.29. The molecule has 0 bridgehead atoms. The van der Waals surface area contributed by atoms with Gasteiger partial charge < -0.3 is 15.6 Å². The first-order valence-corrected chi connectivity index (χ1v) is 7.53. The Balaban J connectivity index is 1.85. The zero-order valence-electron chi connectivity index (χ0n) is 11.6. The summed E-state index contributed by atoms with van der Waals surface area (Å²) < 4.78 is 43.5. The second-order valence-electron chi connectivity index (χ2n) is 6.16. The van der Waals surface area contributed by atoms with E-state index in [0.717, 1.165) is 25.7 Å². The normalized spacial score (nSPS) is 32.2. The highest BCUT2D eigenvalue weighted by molar-refractivity contribution is 4.88. The first-order valence-electron chi connectivity index (χ1n) is 7.53. The van der Waals surface area contributed by atoms with Crippen LogP contribution in [0.2, 0.25) is 0 Å². The molecule has 2 saturated carbocycles. The van der Waals surface area contributed by atoms with Crippen LogP contribution in [0.4, 0.5) is 13.2 Å². The van der Waals surface area contributed by atoms with E-state index in [1.165, 1.54) is 12.8 Å². The second kappa shape index (κ2) is 6.62.